The van der Waals surface area contributed by atoms with Crippen molar-refractivity contribution in [1.29, 1.82) is 0 Å². The minimum Gasteiger partial charge on any atom is -0.367 e. The Hall–Kier alpha value is -2.66. The minimum absolute atomic E-state index is 0.104. The van der Waals surface area contributed by atoms with Gasteiger partial charge in [-0.15, -0.1) is 0 Å². The lowest BCUT2D eigenvalue weighted by Gasteiger charge is -2.15. The molecule has 2 aromatic carbocycles. The van der Waals surface area contributed by atoms with Crippen molar-refractivity contribution in [2.24, 2.45) is 0 Å². The van der Waals surface area contributed by atoms with E-state index in [1.807, 2.05) is 60.7 Å². The summed E-state index contributed by atoms with van der Waals surface area (Å²) in [6.07, 6.45) is -0.442. The van der Waals surface area contributed by atoms with Crippen LogP contribution in [0.15, 0.2) is 60.7 Å². The number of benzene rings is 2. The highest BCUT2D eigenvalue weighted by Gasteiger charge is 2.19. The fourth-order valence-electron chi connectivity index (χ4n) is 2.30. The summed E-state index contributed by atoms with van der Waals surface area (Å²) in [4.78, 5) is 24.0. The predicted molar refractivity (Wildman–Crippen MR) is 92.1 cm³/mol. The van der Waals surface area contributed by atoms with Gasteiger partial charge in [-0.25, -0.2) is 0 Å². The van der Waals surface area contributed by atoms with E-state index in [2.05, 4.69) is 10.6 Å². The lowest BCUT2D eigenvalue weighted by molar-refractivity contribution is -0.131. The summed E-state index contributed by atoms with van der Waals surface area (Å²) in [5, 5.41) is 5.56. The Morgan fingerprint density at radius 3 is 2.21 bits per heavy atom. The molecule has 0 aliphatic rings. The summed E-state index contributed by atoms with van der Waals surface area (Å²) < 4.78 is 5.25. The van der Waals surface area contributed by atoms with Crippen LogP contribution in [0.2, 0.25) is 0 Å². The molecule has 126 valence electrons. The number of rotatable bonds is 8. The first-order valence-electron chi connectivity index (χ1n) is 7.87. The number of nitrogens with one attached hydrogen (secondary N) is 2. The van der Waals surface area contributed by atoms with Gasteiger partial charge < -0.3 is 15.4 Å². The van der Waals surface area contributed by atoms with Crippen LogP contribution < -0.4 is 10.6 Å². The third-order valence-corrected chi connectivity index (χ3v) is 3.56. The van der Waals surface area contributed by atoms with Gasteiger partial charge in [-0.3, -0.25) is 9.59 Å². The monoisotopic (exact) mass is 326 g/mol. The van der Waals surface area contributed by atoms with Crippen molar-refractivity contribution in [3.05, 3.63) is 71.8 Å². The molecule has 0 bridgehead atoms. The first kappa shape index (κ1) is 17.7. The van der Waals surface area contributed by atoms with Crippen LogP contribution in [-0.2, 0) is 20.9 Å². The minimum atomic E-state index is -0.668. The fourth-order valence-corrected chi connectivity index (χ4v) is 2.30. The molecule has 2 aromatic rings. The zero-order valence-corrected chi connectivity index (χ0v) is 13.7. The quantitative estimate of drug-likeness (QED) is 0.781. The van der Waals surface area contributed by atoms with Crippen LogP contribution in [0.4, 0.5) is 0 Å². The molecule has 1 unspecified atom stereocenters. The van der Waals surface area contributed by atoms with E-state index in [0.717, 1.165) is 11.1 Å². The second-order valence-corrected chi connectivity index (χ2v) is 5.33. The molecule has 5 heteroatoms. The fraction of sp³-hybridized carbons (Fsp3) is 0.263. The van der Waals surface area contributed by atoms with Gasteiger partial charge in [0.25, 0.3) is 5.91 Å². The number of ether oxygens (including phenoxy) is 1. The maximum Gasteiger partial charge on any atom is 0.253 e. The van der Waals surface area contributed by atoms with E-state index in [0.29, 0.717) is 6.54 Å². The van der Waals surface area contributed by atoms with Gasteiger partial charge in [-0.05, 0) is 11.1 Å². The van der Waals surface area contributed by atoms with Crippen molar-refractivity contribution < 1.29 is 14.3 Å². The van der Waals surface area contributed by atoms with Crippen molar-refractivity contribution >= 4 is 11.8 Å². The molecule has 0 heterocycles. The maximum atomic E-state index is 12.2. The molecule has 1 atom stereocenters. The number of carbonyl (C=O) groups excluding carboxylic acids is 2. The highest BCUT2D eigenvalue weighted by Crippen LogP contribution is 2.15. The van der Waals surface area contributed by atoms with Crippen LogP contribution in [0, 0.1) is 0 Å². The summed E-state index contributed by atoms with van der Waals surface area (Å²) in [6, 6.07) is 18.9. The molecule has 0 saturated carbocycles. The van der Waals surface area contributed by atoms with E-state index in [1.165, 1.54) is 7.11 Å². The molecule has 0 radical (unpaired) electrons. The van der Waals surface area contributed by atoms with Crippen molar-refractivity contribution in [2.45, 2.75) is 19.1 Å². The normalized spacial score (nSPS) is 11.5. The number of amides is 2. The molecule has 5 nitrogen and oxygen atoms in total. The molecule has 2 rings (SSSR count). The summed E-state index contributed by atoms with van der Waals surface area (Å²) in [5.74, 6) is -0.354. The predicted octanol–water partition coefficient (Wildman–Crippen LogP) is 2.20. The highest BCUT2D eigenvalue weighted by molar-refractivity contribution is 5.83. The SMILES string of the molecule is COC(C(=O)NCCC(=O)NCc1ccccc1)c1ccccc1. The van der Waals surface area contributed by atoms with Crippen LogP contribution >= 0.6 is 0 Å². The first-order valence-corrected chi connectivity index (χ1v) is 7.87. The van der Waals surface area contributed by atoms with Gasteiger partial charge in [0.1, 0.15) is 0 Å². The van der Waals surface area contributed by atoms with E-state index < -0.39 is 6.10 Å². The zero-order valence-electron chi connectivity index (χ0n) is 13.7. The maximum absolute atomic E-state index is 12.2. The Bertz CT molecular complexity index is 644. The smallest absolute Gasteiger partial charge is 0.253 e. The Balaban J connectivity index is 1.72. The zero-order chi connectivity index (χ0) is 17.2. The van der Waals surface area contributed by atoms with Crippen molar-refractivity contribution in [2.75, 3.05) is 13.7 Å². The van der Waals surface area contributed by atoms with Crippen LogP contribution in [0.3, 0.4) is 0 Å². The highest BCUT2D eigenvalue weighted by atomic mass is 16.5. The van der Waals surface area contributed by atoms with E-state index >= 15 is 0 Å². The second-order valence-electron chi connectivity index (χ2n) is 5.33. The Labute approximate surface area is 142 Å². The summed E-state index contributed by atoms with van der Waals surface area (Å²) >= 11 is 0. The van der Waals surface area contributed by atoms with Crippen molar-refractivity contribution in [1.82, 2.24) is 10.6 Å². The lowest BCUT2D eigenvalue weighted by Crippen LogP contribution is -2.34. The van der Waals surface area contributed by atoms with Gasteiger partial charge in [-0.1, -0.05) is 60.7 Å². The summed E-state index contributed by atoms with van der Waals surface area (Å²) in [5.41, 5.74) is 1.82. The number of carbonyl (C=O) groups is 2. The summed E-state index contributed by atoms with van der Waals surface area (Å²) in [7, 11) is 1.49. The number of hydrogen-bond acceptors (Lipinski definition) is 3. The summed E-state index contributed by atoms with van der Waals surface area (Å²) in [6.45, 7) is 0.754. The van der Waals surface area contributed by atoms with E-state index in [-0.39, 0.29) is 24.8 Å². The third-order valence-electron chi connectivity index (χ3n) is 3.56. The van der Waals surface area contributed by atoms with Gasteiger partial charge in [0.2, 0.25) is 5.91 Å². The lowest BCUT2D eigenvalue weighted by atomic mass is 10.1. The molecule has 0 spiro atoms. The van der Waals surface area contributed by atoms with Gasteiger partial charge in [0, 0.05) is 26.6 Å². The molecule has 2 amide bonds. The Morgan fingerprint density at radius 1 is 0.958 bits per heavy atom. The molecule has 0 aromatic heterocycles. The van der Waals surface area contributed by atoms with E-state index in [4.69, 9.17) is 4.74 Å². The van der Waals surface area contributed by atoms with Gasteiger partial charge >= 0.3 is 0 Å². The van der Waals surface area contributed by atoms with E-state index in [1.54, 1.807) is 0 Å². The largest absolute Gasteiger partial charge is 0.367 e. The van der Waals surface area contributed by atoms with Crippen molar-refractivity contribution in [3.8, 4) is 0 Å². The van der Waals surface area contributed by atoms with Gasteiger partial charge in [-0.2, -0.15) is 0 Å². The standard InChI is InChI=1S/C19H22N2O3/c1-24-18(16-10-6-3-7-11-16)19(23)20-13-12-17(22)21-14-15-8-4-2-5-9-15/h2-11,18H,12-14H2,1H3,(H,20,23)(H,21,22). The second kappa shape index (κ2) is 9.47. The van der Waals surface area contributed by atoms with Crippen molar-refractivity contribution in [3.63, 3.8) is 0 Å². The first-order chi connectivity index (χ1) is 11.7. The van der Waals surface area contributed by atoms with Crippen LogP contribution in [-0.4, -0.2) is 25.5 Å². The average Bonchev–Trinajstić information content (AvgIpc) is 2.62. The molecule has 0 aliphatic heterocycles. The molecule has 0 aliphatic carbocycles. The molecule has 2 N–H and O–H groups in total. The molecule has 0 fully saturated rings. The molecule has 0 saturated heterocycles. The van der Waals surface area contributed by atoms with Gasteiger partial charge in [0.05, 0.1) is 0 Å². The Kier molecular flexibility index (Phi) is 6.98. The average molecular weight is 326 g/mol. The topological polar surface area (TPSA) is 67.4 Å². The molecule has 24 heavy (non-hydrogen) atoms. The van der Waals surface area contributed by atoms with E-state index in [9.17, 15) is 9.59 Å². The number of methoxy groups -OCH3 is 1. The number of hydrogen-bond donors (Lipinski definition) is 2. The van der Waals surface area contributed by atoms with Gasteiger partial charge in [0.15, 0.2) is 6.10 Å². The van der Waals surface area contributed by atoms with Crippen LogP contribution in [0.5, 0.6) is 0 Å². The Morgan fingerprint density at radius 2 is 1.58 bits per heavy atom. The van der Waals surface area contributed by atoms with Crippen LogP contribution in [0.25, 0.3) is 0 Å². The van der Waals surface area contributed by atoms with Crippen LogP contribution in [0.1, 0.15) is 23.7 Å². The molecular weight excluding hydrogens is 304 g/mol. The third kappa shape index (κ3) is 5.52. The molecular formula is C19H22N2O3.